The van der Waals surface area contributed by atoms with Crippen molar-refractivity contribution >= 4 is 0 Å². The molecule has 0 saturated carbocycles. The number of benzene rings is 1. The number of ether oxygens (including phenoxy) is 1. The van der Waals surface area contributed by atoms with Gasteiger partial charge in [-0.3, -0.25) is 0 Å². The van der Waals surface area contributed by atoms with Crippen molar-refractivity contribution in [2.45, 2.75) is 12.5 Å². The Balaban J connectivity index is 2.12. The molecule has 1 aliphatic rings. The Morgan fingerprint density at radius 1 is 1.38 bits per heavy atom. The second-order valence-electron chi connectivity index (χ2n) is 3.08. The molecule has 0 aliphatic carbocycles. The maximum atomic E-state index is 5.09. The van der Waals surface area contributed by atoms with Crippen molar-refractivity contribution in [3.8, 4) is 5.75 Å². The second kappa shape index (κ2) is 3.77. The summed E-state index contributed by atoms with van der Waals surface area (Å²) < 4.78 is 5.08. The number of hydroxylamine groups is 1. The van der Waals surface area contributed by atoms with Gasteiger partial charge in [0.25, 0.3) is 0 Å². The molecule has 1 saturated heterocycles. The van der Waals surface area contributed by atoms with Gasteiger partial charge in [0.2, 0.25) is 0 Å². The van der Waals surface area contributed by atoms with E-state index in [1.54, 1.807) is 7.11 Å². The van der Waals surface area contributed by atoms with Crippen molar-refractivity contribution in [3.05, 3.63) is 29.8 Å². The molecule has 2 rings (SSSR count). The van der Waals surface area contributed by atoms with Crippen LogP contribution in [0.15, 0.2) is 24.3 Å². The van der Waals surface area contributed by atoms with Gasteiger partial charge in [-0.15, -0.1) is 0 Å². The highest BCUT2D eigenvalue weighted by molar-refractivity contribution is 5.29. The molecule has 1 fully saturated rings. The first-order valence-electron chi connectivity index (χ1n) is 4.41. The monoisotopic (exact) mass is 179 g/mol. The smallest absolute Gasteiger partial charge is 0.118 e. The van der Waals surface area contributed by atoms with E-state index in [-0.39, 0.29) is 0 Å². The van der Waals surface area contributed by atoms with Crippen molar-refractivity contribution in [2.75, 3.05) is 13.7 Å². The summed E-state index contributed by atoms with van der Waals surface area (Å²) in [4.78, 5) is 5.09. The highest BCUT2D eigenvalue weighted by Gasteiger charge is 2.16. The van der Waals surface area contributed by atoms with Gasteiger partial charge in [-0.25, -0.2) is 0 Å². The summed E-state index contributed by atoms with van der Waals surface area (Å²) in [7, 11) is 1.67. The number of hydrogen-bond acceptors (Lipinski definition) is 3. The molecule has 1 heterocycles. The van der Waals surface area contributed by atoms with Crippen LogP contribution in [0.2, 0.25) is 0 Å². The molecule has 0 spiro atoms. The molecule has 3 nitrogen and oxygen atoms in total. The summed E-state index contributed by atoms with van der Waals surface area (Å²) in [6, 6.07) is 8.40. The molecule has 1 atom stereocenters. The lowest BCUT2D eigenvalue weighted by molar-refractivity contribution is 0.0883. The minimum Gasteiger partial charge on any atom is -0.497 e. The average molecular weight is 179 g/mol. The molecule has 0 radical (unpaired) electrons. The Morgan fingerprint density at radius 2 is 2.15 bits per heavy atom. The molecule has 1 aromatic carbocycles. The third-order valence-corrected chi connectivity index (χ3v) is 2.25. The third kappa shape index (κ3) is 1.82. The first-order chi connectivity index (χ1) is 6.40. The van der Waals surface area contributed by atoms with Gasteiger partial charge >= 0.3 is 0 Å². The van der Waals surface area contributed by atoms with Gasteiger partial charge in [0.15, 0.2) is 0 Å². The van der Waals surface area contributed by atoms with E-state index in [4.69, 9.17) is 9.57 Å². The molecule has 1 aromatic rings. The quantitative estimate of drug-likeness (QED) is 0.749. The molecule has 13 heavy (non-hydrogen) atoms. The van der Waals surface area contributed by atoms with Gasteiger partial charge in [0.05, 0.1) is 19.8 Å². The summed E-state index contributed by atoms with van der Waals surface area (Å²) in [6.45, 7) is 0.788. The van der Waals surface area contributed by atoms with E-state index in [0.29, 0.717) is 6.04 Å². The van der Waals surface area contributed by atoms with Crippen LogP contribution in [0, 0.1) is 0 Å². The van der Waals surface area contributed by atoms with Gasteiger partial charge in [0.1, 0.15) is 5.75 Å². The molecular weight excluding hydrogens is 166 g/mol. The van der Waals surface area contributed by atoms with Gasteiger partial charge in [-0.05, 0) is 24.1 Å². The van der Waals surface area contributed by atoms with Gasteiger partial charge in [-0.2, -0.15) is 5.48 Å². The van der Waals surface area contributed by atoms with Crippen LogP contribution in [0.25, 0.3) is 0 Å². The fraction of sp³-hybridized carbons (Fsp3) is 0.400. The van der Waals surface area contributed by atoms with Crippen molar-refractivity contribution in [1.29, 1.82) is 0 Å². The Bertz CT molecular complexity index is 265. The highest BCUT2D eigenvalue weighted by atomic mass is 16.7. The number of nitrogens with one attached hydrogen (secondary N) is 1. The normalized spacial score (nSPS) is 21.8. The third-order valence-electron chi connectivity index (χ3n) is 2.25. The van der Waals surface area contributed by atoms with Crippen molar-refractivity contribution < 1.29 is 9.57 Å². The first-order valence-corrected chi connectivity index (χ1v) is 4.41. The Hall–Kier alpha value is -1.06. The summed E-state index contributed by atoms with van der Waals surface area (Å²) in [5, 5.41) is 0. The largest absolute Gasteiger partial charge is 0.497 e. The molecule has 0 amide bonds. The topological polar surface area (TPSA) is 30.5 Å². The summed E-state index contributed by atoms with van der Waals surface area (Å²) in [5.74, 6) is 0.891. The Labute approximate surface area is 77.6 Å². The van der Waals surface area contributed by atoms with Crippen LogP contribution >= 0.6 is 0 Å². The van der Waals surface area contributed by atoms with E-state index in [0.717, 1.165) is 18.8 Å². The van der Waals surface area contributed by atoms with Crippen molar-refractivity contribution in [1.82, 2.24) is 5.48 Å². The van der Waals surface area contributed by atoms with Crippen LogP contribution in [-0.2, 0) is 4.84 Å². The number of hydrogen-bond donors (Lipinski definition) is 1. The maximum Gasteiger partial charge on any atom is 0.118 e. The zero-order chi connectivity index (χ0) is 9.10. The summed E-state index contributed by atoms with van der Waals surface area (Å²) >= 11 is 0. The summed E-state index contributed by atoms with van der Waals surface area (Å²) in [5.41, 5.74) is 4.22. The summed E-state index contributed by atoms with van der Waals surface area (Å²) in [6.07, 6.45) is 1.03. The predicted molar refractivity (Wildman–Crippen MR) is 49.4 cm³/mol. The van der Waals surface area contributed by atoms with Crippen LogP contribution in [-0.4, -0.2) is 13.7 Å². The van der Waals surface area contributed by atoms with Crippen LogP contribution in [0.1, 0.15) is 18.0 Å². The molecule has 0 bridgehead atoms. The van der Waals surface area contributed by atoms with Crippen LogP contribution in [0.4, 0.5) is 0 Å². The van der Waals surface area contributed by atoms with Crippen molar-refractivity contribution in [3.63, 3.8) is 0 Å². The number of methoxy groups -OCH3 is 1. The van der Waals surface area contributed by atoms with Crippen LogP contribution < -0.4 is 10.2 Å². The lowest BCUT2D eigenvalue weighted by Crippen LogP contribution is -2.10. The average Bonchev–Trinajstić information content (AvgIpc) is 2.71. The molecular formula is C10H13NO2. The van der Waals surface area contributed by atoms with Crippen molar-refractivity contribution in [2.24, 2.45) is 0 Å². The standard InChI is InChI=1S/C10H13NO2/c1-12-9-4-2-8(3-5-9)10-6-7-13-11-10/h2-5,10-11H,6-7H2,1H3/t10-/m0/s1. The first kappa shape index (κ1) is 8.53. The Morgan fingerprint density at radius 3 is 2.69 bits per heavy atom. The second-order valence-corrected chi connectivity index (χ2v) is 3.08. The minimum absolute atomic E-state index is 0.339. The predicted octanol–water partition coefficient (Wildman–Crippen LogP) is 1.66. The van der Waals surface area contributed by atoms with Gasteiger partial charge in [-0.1, -0.05) is 12.1 Å². The lowest BCUT2D eigenvalue weighted by Gasteiger charge is -2.08. The molecule has 0 aromatic heterocycles. The fourth-order valence-electron chi connectivity index (χ4n) is 1.47. The zero-order valence-electron chi connectivity index (χ0n) is 7.62. The minimum atomic E-state index is 0.339. The highest BCUT2D eigenvalue weighted by Crippen LogP contribution is 2.22. The van der Waals surface area contributed by atoms with Gasteiger partial charge in [0, 0.05) is 0 Å². The van der Waals surface area contributed by atoms with E-state index < -0.39 is 0 Å². The lowest BCUT2D eigenvalue weighted by atomic mass is 10.1. The van der Waals surface area contributed by atoms with Crippen LogP contribution in [0.3, 0.4) is 0 Å². The molecule has 3 heteroatoms. The fourth-order valence-corrected chi connectivity index (χ4v) is 1.47. The van der Waals surface area contributed by atoms with Crippen LogP contribution in [0.5, 0.6) is 5.75 Å². The van der Waals surface area contributed by atoms with Gasteiger partial charge < -0.3 is 9.57 Å². The zero-order valence-corrected chi connectivity index (χ0v) is 7.62. The molecule has 1 N–H and O–H groups in total. The van der Waals surface area contributed by atoms with E-state index in [1.807, 2.05) is 12.1 Å². The Kier molecular flexibility index (Phi) is 2.47. The molecule has 0 unspecified atom stereocenters. The van der Waals surface area contributed by atoms with E-state index >= 15 is 0 Å². The SMILES string of the molecule is COc1ccc([C@@H]2CCON2)cc1. The molecule has 70 valence electrons. The molecule has 1 aliphatic heterocycles. The van der Waals surface area contributed by atoms with E-state index in [9.17, 15) is 0 Å². The maximum absolute atomic E-state index is 5.09. The number of rotatable bonds is 2. The van der Waals surface area contributed by atoms with E-state index in [2.05, 4.69) is 17.6 Å². The van der Waals surface area contributed by atoms with E-state index in [1.165, 1.54) is 5.56 Å².